The fourth-order valence-corrected chi connectivity index (χ4v) is 6.04. The number of H-pyrrole nitrogens is 1. The number of nitrogen functional groups attached to an aromatic ring is 1. The maximum atomic E-state index is 12.7. The highest BCUT2D eigenvalue weighted by molar-refractivity contribution is 7.99. The van der Waals surface area contributed by atoms with Gasteiger partial charge in [0.2, 0.25) is 11.9 Å². The fourth-order valence-electron chi connectivity index (χ4n) is 5.27. The lowest BCUT2D eigenvalue weighted by atomic mass is 10.1. The first-order valence-corrected chi connectivity index (χ1v) is 18.9. The molecule has 0 saturated heterocycles. The molecule has 0 saturated carbocycles. The number of fused-ring (bicyclic) bond motifs is 1. The molecule has 266 valence electrons. The number of nitrogens with two attached hydrogens (primary N) is 2. The molecule has 0 unspecified atom stereocenters. The lowest BCUT2D eigenvalue weighted by Gasteiger charge is -2.13. The van der Waals surface area contributed by atoms with Crippen LogP contribution in [-0.4, -0.2) is 62.1 Å². The molecule has 3 aromatic rings. The van der Waals surface area contributed by atoms with E-state index in [0.717, 1.165) is 31.2 Å². The molecular weight excluding hydrogens is 629 g/mol. The van der Waals surface area contributed by atoms with E-state index in [-0.39, 0.29) is 29.9 Å². The van der Waals surface area contributed by atoms with Crippen molar-refractivity contribution in [2.75, 3.05) is 41.0 Å². The number of imidazole rings is 1. The zero-order valence-corrected chi connectivity index (χ0v) is 29.7. The summed E-state index contributed by atoms with van der Waals surface area (Å²) in [6.07, 6.45) is 16.1. The quantitative estimate of drug-likeness (QED) is 0.0508. The normalized spacial score (nSPS) is 11.9. The number of benzene rings is 1. The molecule has 48 heavy (non-hydrogen) atoms. The van der Waals surface area contributed by atoms with E-state index >= 15 is 0 Å². The first-order chi connectivity index (χ1) is 23.3. The number of carbonyl (C=O) groups excluding carboxylic acids is 2. The lowest BCUT2D eigenvalue weighted by molar-refractivity contribution is -0.143. The molecule has 7 N–H and O–H groups in total. The smallest absolute Gasteiger partial charge is 0.328 e. The van der Waals surface area contributed by atoms with E-state index in [0.29, 0.717) is 53.9 Å². The first-order valence-electron chi connectivity index (χ1n) is 17.7. The van der Waals surface area contributed by atoms with E-state index in [1.54, 1.807) is 12.1 Å². The van der Waals surface area contributed by atoms with Crippen LogP contribution in [0.15, 0.2) is 29.1 Å². The molecule has 0 aliphatic rings. The number of hydrogen-bond donors (Lipinski definition) is 5. The topological polar surface area (TPSA) is 183 Å². The van der Waals surface area contributed by atoms with Crippen molar-refractivity contribution in [3.05, 3.63) is 40.3 Å². The van der Waals surface area contributed by atoms with E-state index in [2.05, 4.69) is 39.4 Å². The Morgan fingerprint density at radius 2 is 1.58 bits per heavy atom. The van der Waals surface area contributed by atoms with Crippen molar-refractivity contribution >= 4 is 52.3 Å². The van der Waals surface area contributed by atoms with Gasteiger partial charge in [-0.05, 0) is 30.5 Å². The molecule has 2 aromatic heterocycles. The van der Waals surface area contributed by atoms with Gasteiger partial charge in [-0.3, -0.25) is 14.2 Å². The number of anilines is 3. The van der Waals surface area contributed by atoms with Crippen LogP contribution in [0.4, 0.5) is 17.5 Å². The fraction of sp³-hybridized carbons (Fsp3) is 0.629. The van der Waals surface area contributed by atoms with E-state index < -0.39 is 6.04 Å². The van der Waals surface area contributed by atoms with Crippen molar-refractivity contribution < 1.29 is 14.3 Å². The van der Waals surface area contributed by atoms with E-state index in [1.165, 1.54) is 74.1 Å². The van der Waals surface area contributed by atoms with Crippen molar-refractivity contribution in [1.29, 1.82) is 0 Å². The monoisotopic (exact) mass is 684 g/mol. The standard InChI is InChI=1S/C35H56N8O4S/c1-3-5-7-8-9-10-11-12-13-14-15-16-29(44)47-22-23-48-25-28(36)33(45)39-27-19-17-26(18-20-27)24-43-32-30(40-35(43)46)31(37)41-34(42-32)38-21-6-4-2/h17-20,28H,3-16,21-25,36H2,1-2H3,(H,39,45)(H,40,46)(H3,37,38,41,42)/t28-/m0/s1. The van der Waals surface area contributed by atoms with Gasteiger partial charge in [0.05, 0.1) is 12.6 Å². The van der Waals surface area contributed by atoms with Crippen LogP contribution in [0.5, 0.6) is 0 Å². The number of unbranched alkanes of at least 4 members (excludes halogenated alkanes) is 11. The second-order valence-electron chi connectivity index (χ2n) is 12.3. The average Bonchev–Trinajstić information content (AvgIpc) is 3.39. The van der Waals surface area contributed by atoms with Crippen LogP contribution in [0.1, 0.15) is 109 Å². The molecule has 0 fully saturated rings. The molecule has 1 amide bonds. The van der Waals surface area contributed by atoms with Crippen molar-refractivity contribution in [2.45, 2.75) is 116 Å². The Labute approximate surface area is 289 Å². The highest BCUT2D eigenvalue weighted by Gasteiger charge is 2.16. The summed E-state index contributed by atoms with van der Waals surface area (Å²) in [5, 5.41) is 5.99. The van der Waals surface area contributed by atoms with Gasteiger partial charge in [0.15, 0.2) is 11.5 Å². The summed E-state index contributed by atoms with van der Waals surface area (Å²) >= 11 is 1.48. The van der Waals surface area contributed by atoms with Crippen LogP contribution in [-0.2, 0) is 20.9 Å². The van der Waals surface area contributed by atoms with E-state index in [9.17, 15) is 14.4 Å². The lowest BCUT2D eigenvalue weighted by Crippen LogP contribution is -2.37. The maximum Gasteiger partial charge on any atom is 0.328 e. The van der Waals surface area contributed by atoms with Crippen LogP contribution in [0.25, 0.3) is 11.2 Å². The van der Waals surface area contributed by atoms with Crippen molar-refractivity contribution in [3.8, 4) is 0 Å². The van der Waals surface area contributed by atoms with E-state index in [4.69, 9.17) is 16.2 Å². The highest BCUT2D eigenvalue weighted by Crippen LogP contribution is 2.19. The molecule has 13 heteroatoms. The summed E-state index contributed by atoms with van der Waals surface area (Å²) in [6, 6.07) is 6.48. The largest absolute Gasteiger partial charge is 0.465 e. The van der Waals surface area contributed by atoms with Gasteiger partial charge in [0.25, 0.3) is 0 Å². The van der Waals surface area contributed by atoms with Gasteiger partial charge in [0, 0.05) is 30.2 Å². The number of aromatic nitrogens is 4. The van der Waals surface area contributed by atoms with Gasteiger partial charge in [-0.15, -0.1) is 0 Å². The molecule has 2 heterocycles. The SMILES string of the molecule is CCCCCCCCCCCCCC(=O)OCCSC[C@H](N)C(=O)Nc1ccc(Cn2c(=O)[nH]c3c(N)nc(NCCCC)nc32)cc1. The van der Waals surface area contributed by atoms with Gasteiger partial charge in [-0.2, -0.15) is 21.7 Å². The molecule has 0 aliphatic carbocycles. The number of ether oxygens (including phenoxy) is 1. The third-order valence-corrected chi connectivity index (χ3v) is 9.19. The molecule has 0 radical (unpaired) electrons. The number of hydrogen-bond acceptors (Lipinski definition) is 10. The summed E-state index contributed by atoms with van der Waals surface area (Å²) in [6.45, 7) is 5.62. The molecular formula is C35H56N8O4S. The molecule has 0 aliphatic heterocycles. The molecule has 12 nitrogen and oxygen atoms in total. The second kappa shape index (κ2) is 22.1. The highest BCUT2D eigenvalue weighted by atomic mass is 32.2. The van der Waals surface area contributed by atoms with Gasteiger partial charge in [-0.1, -0.05) is 96.6 Å². The summed E-state index contributed by atoms with van der Waals surface area (Å²) in [7, 11) is 0. The van der Waals surface area contributed by atoms with E-state index in [1.807, 2.05) is 12.1 Å². The average molecular weight is 685 g/mol. The Hall–Kier alpha value is -3.58. The first kappa shape index (κ1) is 38.9. The van der Waals surface area contributed by atoms with Crippen molar-refractivity contribution in [3.63, 3.8) is 0 Å². The number of amides is 1. The van der Waals surface area contributed by atoms with Gasteiger partial charge >= 0.3 is 11.7 Å². The number of nitrogens with one attached hydrogen (secondary N) is 3. The van der Waals surface area contributed by atoms with Crippen molar-refractivity contribution in [2.24, 2.45) is 5.73 Å². The summed E-state index contributed by atoms with van der Waals surface area (Å²) < 4.78 is 6.85. The zero-order valence-electron chi connectivity index (χ0n) is 28.9. The van der Waals surface area contributed by atoms with Gasteiger partial charge in [-0.25, -0.2) is 4.79 Å². The summed E-state index contributed by atoms with van der Waals surface area (Å²) in [5.41, 5.74) is 14.1. The third kappa shape index (κ3) is 13.9. The Kier molecular flexibility index (Phi) is 17.9. The van der Waals surface area contributed by atoms with Crippen LogP contribution < -0.4 is 27.8 Å². The Morgan fingerprint density at radius 3 is 2.25 bits per heavy atom. The van der Waals surface area contributed by atoms with Gasteiger partial charge < -0.3 is 31.8 Å². The minimum atomic E-state index is -0.711. The van der Waals surface area contributed by atoms with Crippen LogP contribution >= 0.6 is 11.8 Å². The summed E-state index contributed by atoms with van der Waals surface area (Å²) in [5.74, 6) is 1.12. The van der Waals surface area contributed by atoms with Crippen molar-refractivity contribution in [1.82, 2.24) is 19.5 Å². The number of carbonyl (C=O) groups is 2. The Morgan fingerprint density at radius 1 is 0.938 bits per heavy atom. The zero-order chi connectivity index (χ0) is 34.6. The predicted octanol–water partition coefficient (Wildman–Crippen LogP) is 6.21. The van der Waals surface area contributed by atoms with Crippen LogP contribution in [0.2, 0.25) is 0 Å². The maximum absolute atomic E-state index is 12.7. The number of aromatic amines is 1. The van der Waals surface area contributed by atoms with Crippen LogP contribution in [0.3, 0.4) is 0 Å². The Bertz CT molecular complexity index is 1440. The minimum absolute atomic E-state index is 0.159. The molecule has 3 rings (SSSR count). The Balaban J connectivity index is 1.30. The molecule has 0 bridgehead atoms. The third-order valence-electron chi connectivity index (χ3n) is 8.14. The molecule has 1 atom stereocenters. The molecule has 1 aromatic carbocycles. The number of rotatable bonds is 25. The number of thioether (sulfide) groups is 1. The predicted molar refractivity (Wildman–Crippen MR) is 197 cm³/mol. The minimum Gasteiger partial charge on any atom is -0.465 e. The number of nitrogens with zero attached hydrogens (tertiary/aromatic N) is 3. The van der Waals surface area contributed by atoms with Gasteiger partial charge in [0.1, 0.15) is 12.1 Å². The second-order valence-corrected chi connectivity index (χ2v) is 13.5. The van der Waals surface area contributed by atoms with Crippen LogP contribution in [0, 0.1) is 0 Å². The number of esters is 1. The molecule has 0 spiro atoms. The summed E-state index contributed by atoms with van der Waals surface area (Å²) in [4.78, 5) is 48.9.